The summed E-state index contributed by atoms with van der Waals surface area (Å²) in [5.74, 6) is 2.52. The first kappa shape index (κ1) is 15.5. The fourth-order valence-electron chi connectivity index (χ4n) is 2.93. The van der Waals surface area contributed by atoms with Crippen LogP contribution in [-0.2, 0) is 13.0 Å². The largest absolute Gasteiger partial charge is 0.454 e. The zero-order valence-electron chi connectivity index (χ0n) is 13.4. The van der Waals surface area contributed by atoms with Crippen molar-refractivity contribution in [3.05, 3.63) is 51.6 Å². The molecule has 0 aromatic heterocycles. The third-order valence-corrected chi connectivity index (χ3v) is 4.21. The number of nitro benzene ring substituents is 1. The third kappa shape index (κ3) is 3.16. The molecule has 4 rings (SSSR count). The number of hydrogen-bond donors (Lipinski definition) is 1. The van der Waals surface area contributed by atoms with Gasteiger partial charge in [0.1, 0.15) is 6.54 Å². The molecule has 0 radical (unpaired) electrons. The Bertz CT molecular complexity index is 823. The molecule has 0 saturated heterocycles. The predicted octanol–water partition coefficient (Wildman–Crippen LogP) is 1.36. The van der Waals surface area contributed by atoms with Crippen LogP contribution in [-0.4, -0.2) is 25.1 Å². The maximum atomic E-state index is 11.3. The molecule has 0 bridgehead atoms. The molecule has 0 amide bonds. The molecule has 0 aliphatic carbocycles. The van der Waals surface area contributed by atoms with Crippen molar-refractivity contribution in [1.82, 2.24) is 0 Å². The van der Waals surface area contributed by atoms with Gasteiger partial charge in [0.2, 0.25) is 13.6 Å². The molecule has 8 heteroatoms. The number of nitro groups is 1. The lowest BCUT2D eigenvalue weighted by atomic mass is 10.1. The summed E-state index contributed by atoms with van der Waals surface area (Å²) in [6.07, 6.45) is 0.828. The number of benzene rings is 2. The van der Waals surface area contributed by atoms with Crippen LogP contribution in [0.2, 0.25) is 0 Å². The molecule has 0 saturated carbocycles. The van der Waals surface area contributed by atoms with Crippen LogP contribution in [0, 0.1) is 10.1 Å². The van der Waals surface area contributed by atoms with Crippen LogP contribution in [0.1, 0.15) is 11.1 Å². The van der Waals surface area contributed by atoms with Crippen LogP contribution in [0.25, 0.3) is 0 Å². The first-order valence-electron chi connectivity index (χ1n) is 7.98. The second-order valence-electron chi connectivity index (χ2n) is 5.81. The Hall–Kier alpha value is -3.00. The molecule has 2 N–H and O–H groups in total. The van der Waals surface area contributed by atoms with Gasteiger partial charge >= 0.3 is 0 Å². The Morgan fingerprint density at radius 1 is 0.960 bits per heavy atom. The fourth-order valence-corrected chi connectivity index (χ4v) is 2.93. The summed E-state index contributed by atoms with van der Waals surface area (Å²) >= 11 is 0. The zero-order valence-corrected chi connectivity index (χ0v) is 13.4. The molecule has 0 fully saturated rings. The molecule has 2 heterocycles. The minimum Gasteiger partial charge on any atom is -0.454 e. The predicted molar refractivity (Wildman–Crippen MR) is 86.0 cm³/mol. The van der Waals surface area contributed by atoms with Crippen molar-refractivity contribution in [3.8, 4) is 23.0 Å². The Balaban J connectivity index is 1.38. The minimum atomic E-state index is -0.386. The van der Waals surface area contributed by atoms with E-state index in [1.807, 2.05) is 23.5 Å². The first-order valence-corrected chi connectivity index (χ1v) is 7.98. The molecule has 130 valence electrons. The normalized spacial score (nSPS) is 13.9. The van der Waals surface area contributed by atoms with E-state index in [1.165, 1.54) is 6.07 Å². The summed E-state index contributed by atoms with van der Waals surface area (Å²) < 4.78 is 21.2. The number of quaternary nitrogens is 1. The molecule has 2 aromatic rings. The maximum Gasteiger partial charge on any atom is 0.282 e. The van der Waals surface area contributed by atoms with Gasteiger partial charge in [0.15, 0.2) is 23.0 Å². The highest BCUT2D eigenvalue weighted by Crippen LogP contribution is 2.37. The van der Waals surface area contributed by atoms with Crippen molar-refractivity contribution in [2.45, 2.75) is 13.0 Å². The monoisotopic (exact) mass is 345 g/mol. The van der Waals surface area contributed by atoms with Crippen LogP contribution in [0.3, 0.4) is 0 Å². The van der Waals surface area contributed by atoms with E-state index in [4.69, 9.17) is 18.9 Å². The van der Waals surface area contributed by atoms with Crippen molar-refractivity contribution in [1.29, 1.82) is 0 Å². The number of fused-ring (bicyclic) bond motifs is 2. The summed E-state index contributed by atoms with van der Waals surface area (Å²) in [6.45, 7) is 1.66. The van der Waals surface area contributed by atoms with Gasteiger partial charge in [-0.25, -0.2) is 0 Å². The van der Waals surface area contributed by atoms with E-state index in [0.29, 0.717) is 23.6 Å². The first-order chi connectivity index (χ1) is 12.2. The van der Waals surface area contributed by atoms with E-state index < -0.39 is 0 Å². The highest BCUT2D eigenvalue weighted by molar-refractivity contribution is 5.54. The fraction of sp³-hybridized carbons (Fsp3) is 0.294. The molecule has 2 aromatic carbocycles. The van der Waals surface area contributed by atoms with E-state index >= 15 is 0 Å². The average Bonchev–Trinajstić information content (AvgIpc) is 3.25. The minimum absolute atomic E-state index is 0.0589. The summed E-state index contributed by atoms with van der Waals surface area (Å²) in [5.41, 5.74) is 1.82. The summed E-state index contributed by atoms with van der Waals surface area (Å²) in [5, 5.41) is 13.3. The van der Waals surface area contributed by atoms with E-state index in [1.54, 1.807) is 6.07 Å². The van der Waals surface area contributed by atoms with Gasteiger partial charge in [0, 0.05) is 6.42 Å². The number of nitrogens with two attached hydrogens (primary N) is 1. The average molecular weight is 345 g/mol. The van der Waals surface area contributed by atoms with E-state index in [-0.39, 0.29) is 24.2 Å². The highest BCUT2D eigenvalue weighted by atomic mass is 16.7. The molecular formula is C17H17N2O6+. The van der Waals surface area contributed by atoms with Crippen molar-refractivity contribution in [3.63, 3.8) is 0 Å². The van der Waals surface area contributed by atoms with Crippen molar-refractivity contribution in [2.75, 3.05) is 20.1 Å². The number of rotatable bonds is 6. The van der Waals surface area contributed by atoms with E-state index in [9.17, 15) is 10.1 Å². The zero-order chi connectivity index (χ0) is 17.2. The van der Waals surface area contributed by atoms with Gasteiger partial charge in [-0.15, -0.1) is 0 Å². The number of nitrogens with zero attached hydrogens (tertiary/aromatic N) is 1. The Labute approximate surface area is 143 Å². The van der Waals surface area contributed by atoms with Crippen molar-refractivity contribution < 1.29 is 29.2 Å². The molecule has 8 nitrogen and oxygen atoms in total. The summed E-state index contributed by atoms with van der Waals surface area (Å²) in [6, 6.07) is 9.00. The Kier molecular flexibility index (Phi) is 4.02. The molecule has 0 unspecified atom stereocenters. The van der Waals surface area contributed by atoms with E-state index in [2.05, 4.69) is 0 Å². The molecular weight excluding hydrogens is 328 g/mol. The molecule has 2 aliphatic rings. The van der Waals surface area contributed by atoms with Crippen LogP contribution in [0.15, 0.2) is 30.3 Å². The van der Waals surface area contributed by atoms with Gasteiger partial charge in [-0.2, -0.15) is 0 Å². The van der Waals surface area contributed by atoms with Gasteiger partial charge in [0.25, 0.3) is 5.69 Å². The summed E-state index contributed by atoms with van der Waals surface area (Å²) in [7, 11) is 0. The van der Waals surface area contributed by atoms with Crippen LogP contribution in [0.5, 0.6) is 23.0 Å². The standard InChI is InChI=1S/C17H16N2O6/c20-19(21)13-7-17-16(24-10-25-17)6-12(13)8-18-4-3-11-1-2-14-15(5-11)23-9-22-14/h1-2,5-7,18H,3-4,8-10H2/p+1. The number of ether oxygens (including phenoxy) is 4. The topological polar surface area (TPSA) is 96.7 Å². The lowest BCUT2D eigenvalue weighted by Gasteiger charge is -2.06. The lowest BCUT2D eigenvalue weighted by Crippen LogP contribution is -2.83. The SMILES string of the molecule is O=[N+]([O-])c1cc2c(cc1C[NH2+]CCc1ccc3c(c1)OCO3)OCO2. The molecule has 25 heavy (non-hydrogen) atoms. The quantitative estimate of drug-likeness (QED) is 0.482. The number of hydrogen-bond acceptors (Lipinski definition) is 6. The maximum absolute atomic E-state index is 11.3. The van der Waals surface area contributed by atoms with E-state index in [0.717, 1.165) is 30.0 Å². The van der Waals surface area contributed by atoms with Gasteiger partial charge in [0.05, 0.1) is 23.1 Å². The highest BCUT2D eigenvalue weighted by Gasteiger charge is 2.24. The Morgan fingerprint density at radius 2 is 1.64 bits per heavy atom. The molecule has 0 atom stereocenters. The van der Waals surface area contributed by atoms with Gasteiger partial charge in [-0.05, 0) is 23.8 Å². The van der Waals surface area contributed by atoms with Crippen LogP contribution >= 0.6 is 0 Å². The van der Waals surface area contributed by atoms with Crippen LogP contribution in [0.4, 0.5) is 5.69 Å². The third-order valence-electron chi connectivity index (χ3n) is 4.21. The lowest BCUT2D eigenvalue weighted by molar-refractivity contribution is -0.670. The van der Waals surface area contributed by atoms with Crippen molar-refractivity contribution in [2.24, 2.45) is 0 Å². The summed E-state index contributed by atoms with van der Waals surface area (Å²) in [4.78, 5) is 10.9. The second kappa shape index (κ2) is 6.48. The van der Waals surface area contributed by atoms with Crippen molar-refractivity contribution >= 4 is 5.69 Å². The van der Waals surface area contributed by atoms with Gasteiger partial charge in [-0.3, -0.25) is 10.1 Å². The molecule has 0 spiro atoms. The van der Waals surface area contributed by atoms with Gasteiger partial charge < -0.3 is 24.3 Å². The molecule has 2 aliphatic heterocycles. The second-order valence-corrected chi connectivity index (χ2v) is 5.81. The smallest absolute Gasteiger partial charge is 0.282 e. The van der Waals surface area contributed by atoms with Crippen LogP contribution < -0.4 is 24.3 Å². The van der Waals surface area contributed by atoms with Gasteiger partial charge in [-0.1, -0.05) is 6.07 Å². The Morgan fingerprint density at radius 3 is 2.40 bits per heavy atom.